The molecule has 4 rings (SSSR count). The SMILES string of the molecule is Cc1cn2cc(NC(=O)c3cc4ccc(Cl)nc4s3)cc(F)c2n1. The fourth-order valence-electron chi connectivity index (χ4n) is 2.45. The minimum Gasteiger partial charge on any atom is -0.320 e. The van der Waals surface area contributed by atoms with Crippen molar-refractivity contribution in [2.24, 2.45) is 0 Å². The van der Waals surface area contributed by atoms with Crippen molar-refractivity contribution in [3.63, 3.8) is 0 Å². The van der Waals surface area contributed by atoms with Gasteiger partial charge < -0.3 is 9.72 Å². The van der Waals surface area contributed by atoms with Gasteiger partial charge in [-0.25, -0.2) is 14.4 Å². The molecule has 120 valence electrons. The number of aromatic nitrogens is 3. The third kappa shape index (κ3) is 2.61. The Bertz CT molecular complexity index is 1100. The fraction of sp³-hybridized carbons (Fsp3) is 0.0625. The highest BCUT2D eigenvalue weighted by atomic mass is 35.5. The van der Waals surface area contributed by atoms with Gasteiger partial charge >= 0.3 is 0 Å². The number of hydrogen-bond acceptors (Lipinski definition) is 4. The van der Waals surface area contributed by atoms with Gasteiger partial charge in [-0.1, -0.05) is 11.6 Å². The maximum absolute atomic E-state index is 14.1. The zero-order valence-corrected chi connectivity index (χ0v) is 14.0. The lowest BCUT2D eigenvalue weighted by Gasteiger charge is -2.05. The minimum atomic E-state index is -0.495. The van der Waals surface area contributed by atoms with Crippen LogP contribution >= 0.6 is 22.9 Å². The Morgan fingerprint density at radius 1 is 1.29 bits per heavy atom. The standard InChI is InChI=1S/C16H10ClFN4OS/c1-8-6-22-7-10(5-11(18)14(22)19-8)20-15(23)12-4-9-2-3-13(17)21-16(9)24-12/h2-7H,1H3,(H,20,23). The first-order valence-electron chi connectivity index (χ1n) is 7.02. The third-order valence-corrected chi connectivity index (χ3v) is 4.71. The summed E-state index contributed by atoms with van der Waals surface area (Å²) in [5.74, 6) is -0.824. The molecule has 0 bridgehead atoms. The lowest BCUT2D eigenvalue weighted by atomic mass is 10.3. The minimum absolute atomic E-state index is 0.228. The van der Waals surface area contributed by atoms with E-state index in [0.717, 1.165) is 5.39 Å². The van der Waals surface area contributed by atoms with Crippen molar-refractivity contribution in [2.75, 3.05) is 5.32 Å². The number of nitrogens with zero attached hydrogens (tertiary/aromatic N) is 3. The van der Waals surface area contributed by atoms with Crippen LogP contribution in [0.3, 0.4) is 0 Å². The third-order valence-electron chi connectivity index (χ3n) is 3.46. The van der Waals surface area contributed by atoms with Crippen LogP contribution < -0.4 is 5.32 Å². The Hall–Kier alpha value is -2.51. The Morgan fingerprint density at radius 2 is 2.12 bits per heavy atom. The molecule has 0 aromatic carbocycles. The second-order valence-corrected chi connectivity index (χ2v) is 6.70. The van der Waals surface area contributed by atoms with Crippen molar-refractivity contribution < 1.29 is 9.18 Å². The molecule has 0 spiro atoms. The predicted octanol–water partition coefficient (Wildman–Crippen LogP) is 4.30. The highest BCUT2D eigenvalue weighted by Crippen LogP contribution is 2.26. The number of carbonyl (C=O) groups excluding carboxylic acids is 1. The molecule has 0 aliphatic rings. The summed E-state index contributed by atoms with van der Waals surface area (Å²) < 4.78 is 15.6. The lowest BCUT2D eigenvalue weighted by Crippen LogP contribution is -2.11. The summed E-state index contributed by atoms with van der Waals surface area (Å²) in [6.07, 6.45) is 3.32. The molecule has 1 amide bonds. The number of aryl methyl sites for hydroxylation is 1. The molecule has 0 unspecified atom stereocenters. The van der Waals surface area contributed by atoms with Crippen LogP contribution in [0.25, 0.3) is 15.9 Å². The Morgan fingerprint density at radius 3 is 2.96 bits per heavy atom. The number of amides is 1. The molecular weight excluding hydrogens is 351 g/mol. The van der Waals surface area contributed by atoms with Gasteiger partial charge in [0.15, 0.2) is 11.5 Å². The lowest BCUT2D eigenvalue weighted by molar-refractivity contribution is 0.103. The van der Waals surface area contributed by atoms with E-state index in [2.05, 4.69) is 15.3 Å². The van der Waals surface area contributed by atoms with Crippen LogP contribution in [0.2, 0.25) is 5.15 Å². The average molecular weight is 361 g/mol. The number of hydrogen-bond donors (Lipinski definition) is 1. The zero-order valence-electron chi connectivity index (χ0n) is 12.4. The largest absolute Gasteiger partial charge is 0.320 e. The molecule has 0 atom stereocenters. The summed E-state index contributed by atoms with van der Waals surface area (Å²) in [5, 5.41) is 3.91. The Balaban J connectivity index is 1.67. The molecule has 0 aliphatic carbocycles. The van der Waals surface area contributed by atoms with Crippen LogP contribution in [0.4, 0.5) is 10.1 Å². The van der Waals surface area contributed by atoms with Gasteiger partial charge in [0.2, 0.25) is 0 Å². The highest BCUT2D eigenvalue weighted by molar-refractivity contribution is 7.20. The molecule has 0 radical (unpaired) electrons. The van der Waals surface area contributed by atoms with Crippen LogP contribution in [0.1, 0.15) is 15.4 Å². The summed E-state index contributed by atoms with van der Waals surface area (Å²) in [4.78, 5) is 21.8. The van der Waals surface area contributed by atoms with Crippen molar-refractivity contribution in [3.05, 3.63) is 58.2 Å². The van der Waals surface area contributed by atoms with Crippen molar-refractivity contribution in [1.29, 1.82) is 0 Å². The molecular formula is C16H10ClFN4OS. The number of rotatable bonds is 2. The van der Waals surface area contributed by atoms with Crippen molar-refractivity contribution in [3.8, 4) is 0 Å². The van der Waals surface area contributed by atoms with Crippen LogP contribution in [-0.2, 0) is 0 Å². The number of imidazole rings is 1. The van der Waals surface area contributed by atoms with E-state index >= 15 is 0 Å². The molecule has 4 aromatic rings. The molecule has 4 aromatic heterocycles. The van der Waals surface area contributed by atoms with Gasteiger partial charge in [0, 0.05) is 23.8 Å². The number of nitrogens with one attached hydrogen (secondary N) is 1. The van der Waals surface area contributed by atoms with Gasteiger partial charge in [0.1, 0.15) is 9.98 Å². The molecule has 0 fully saturated rings. The van der Waals surface area contributed by atoms with Gasteiger partial charge in [0.05, 0.1) is 16.3 Å². The second kappa shape index (κ2) is 5.54. The number of thiophene rings is 1. The summed E-state index contributed by atoms with van der Waals surface area (Å²) >= 11 is 7.09. The number of pyridine rings is 2. The van der Waals surface area contributed by atoms with Crippen LogP contribution in [0.15, 0.2) is 36.7 Å². The van der Waals surface area contributed by atoms with Gasteiger partial charge in [-0.2, -0.15) is 0 Å². The van der Waals surface area contributed by atoms with E-state index in [1.54, 1.807) is 41.9 Å². The van der Waals surface area contributed by atoms with E-state index in [9.17, 15) is 9.18 Å². The van der Waals surface area contributed by atoms with E-state index in [1.807, 2.05) is 0 Å². The first-order valence-corrected chi connectivity index (χ1v) is 8.21. The van der Waals surface area contributed by atoms with Gasteiger partial charge in [-0.15, -0.1) is 11.3 Å². The van der Waals surface area contributed by atoms with Crippen LogP contribution in [0, 0.1) is 12.7 Å². The smallest absolute Gasteiger partial charge is 0.265 e. The van der Waals surface area contributed by atoms with Crippen molar-refractivity contribution >= 4 is 50.4 Å². The maximum Gasteiger partial charge on any atom is 0.265 e. The molecule has 24 heavy (non-hydrogen) atoms. The summed E-state index contributed by atoms with van der Waals surface area (Å²) in [6, 6.07) is 6.46. The number of halogens is 2. The predicted molar refractivity (Wildman–Crippen MR) is 92.5 cm³/mol. The topological polar surface area (TPSA) is 59.3 Å². The summed E-state index contributed by atoms with van der Waals surface area (Å²) in [7, 11) is 0. The van der Waals surface area contributed by atoms with Gasteiger partial charge in [-0.3, -0.25) is 4.79 Å². The quantitative estimate of drug-likeness (QED) is 0.542. The van der Waals surface area contributed by atoms with E-state index in [1.165, 1.54) is 17.4 Å². The van der Waals surface area contributed by atoms with Crippen molar-refractivity contribution in [2.45, 2.75) is 6.92 Å². The van der Waals surface area contributed by atoms with E-state index in [0.29, 0.717) is 26.2 Å². The molecule has 8 heteroatoms. The Kier molecular flexibility index (Phi) is 3.47. The molecule has 0 saturated carbocycles. The van der Waals surface area contributed by atoms with Gasteiger partial charge in [0.25, 0.3) is 5.91 Å². The zero-order chi connectivity index (χ0) is 16.8. The number of fused-ring (bicyclic) bond motifs is 2. The highest BCUT2D eigenvalue weighted by Gasteiger charge is 2.14. The molecule has 1 N–H and O–H groups in total. The van der Waals surface area contributed by atoms with Crippen LogP contribution in [-0.4, -0.2) is 20.3 Å². The fourth-order valence-corrected chi connectivity index (χ4v) is 3.57. The first-order chi connectivity index (χ1) is 11.5. The van der Waals surface area contributed by atoms with E-state index < -0.39 is 5.82 Å². The maximum atomic E-state index is 14.1. The second-order valence-electron chi connectivity index (χ2n) is 5.28. The molecule has 5 nitrogen and oxygen atoms in total. The Labute approximate surface area is 144 Å². The van der Waals surface area contributed by atoms with E-state index in [4.69, 9.17) is 11.6 Å². The number of anilines is 1. The first kappa shape index (κ1) is 15.0. The summed E-state index contributed by atoms with van der Waals surface area (Å²) in [5.41, 5.74) is 1.28. The normalized spacial score (nSPS) is 11.3. The van der Waals surface area contributed by atoms with Gasteiger partial charge in [-0.05, 0) is 25.1 Å². The molecule has 0 saturated heterocycles. The molecule has 0 aliphatic heterocycles. The summed E-state index contributed by atoms with van der Waals surface area (Å²) in [6.45, 7) is 1.78. The van der Waals surface area contributed by atoms with Crippen LogP contribution in [0.5, 0.6) is 0 Å². The van der Waals surface area contributed by atoms with E-state index in [-0.39, 0.29) is 11.6 Å². The number of carbonyl (C=O) groups is 1. The average Bonchev–Trinajstić information content (AvgIpc) is 3.09. The van der Waals surface area contributed by atoms with Crippen molar-refractivity contribution in [1.82, 2.24) is 14.4 Å². The monoisotopic (exact) mass is 360 g/mol. The molecule has 4 heterocycles.